The van der Waals surface area contributed by atoms with E-state index in [1.807, 2.05) is 26.8 Å². The first-order valence-electron chi connectivity index (χ1n) is 6.51. The van der Waals surface area contributed by atoms with Crippen LogP contribution in [0.2, 0.25) is 0 Å². The number of halogens is 1. The molecule has 0 radical (unpaired) electrons. The number of nitrogens with one attached hydrogen (secondary N) is 1. The third-order valence-corrected chi connectivity index (χ3v) is 3.35. The average Bonchev–Trinajstić information content (AvgIpc) is 2.76. The van der Waals surface area contributed by atoms with Crippen molar-refractivity contribution in [3.8, 4) is 5.75 Å². The Morgan fingerprint density at radius 1 is 1.40 bits per heavy atom. The number of rotatable bonds is 5. The molecule has 1 heterocycles. The Balaban J connectivity index is 2.03. The Morgan fingerprint density at radius 2 is 2.15 bits per heavy atom. The van der Waals surface area contributed by atoms with Crippen molar-refractivity contribution in [2.75, 3.05) is 7.11 Å². The lowest BCUT2D eigenvalue weighted by Gasteiger charge is -2.14. The molecule has 1 atom stereocenters. The maximum atomic E-state index is 13.6. The Labute approximate surface area is 117 Å². The van der Waals surface area contributed by atoms with E-state index in [-0.39, 0.29) is 17.6 Å². The van der Waals surface area contributed by atoms with Gasteiger partial charge in [0.25, 0.3) is 0 Å². The van der Waals surface area contributed by atoms with Gasteiger partial charge in [0.2, 0.25) is 0 Å². The second-order valence-corrected chi connectivity index (χ2v) is 4.81. The third-order valence-electron chi connectivity index (χ3n) is 3.35. The van der Waals surface area contributed by atoms with Crippen LogP contribution in [0.4, 0.5) is 4.39 Å². The highest BCUT2D eigenvalue weighted by molar-refractivity contribution is 5.30. The van der Waals surface area contributed by atoms with Crippen LogP contribution in [0, 0.1) is 19.7 Å². The highest BCUT2D eigenvalue weighted by atomic mass is 19.1. The molecule has 0 spiro atoms. The zero-order chi connectivity index (χ0) is 14.7. The topological polar surface area (TPSA) is 47.3 Å². The number of aryl methyl sites for hydroxylation is 2. The molecule has 1 aromatic heterocycles. The second-order valence-electron chi connectivity index (χ2n) is 4.81. The molecule has 0 aliphatic heterocycles. The summed E-state index contributed by atoms with van der Waals surface area (Å²) in [6.45, 7) is 6.40. The fraction of sp³-hybridized carbons (Fsp3) is 0.400. The van der Waals surface area contributed by atoms with Crippen LogP contribution in [-0.2, 0) is 6.54 Å². The molecule has 1 unspecified atom stereocenters. The quantitative estimate of drug-likeness (QED) is 0.911. The zero-order valence-corrected chi connectivity index (χ0v) is 12.2. The molecule has 0 saturated heterocycles. The summed E-state index contributed by atoms with van der Waals surface area (Å²) in [5, 5.41) is 7.28. The maximum absolute atomic E-state index is 13.6. The minimum Gasteiger partial charge on any atom is -0.494 e. The Bertz CT molecular complexity index is 576. The Kier molecular flexibility index (Phi) is 4.39. The van der Waals surface area contributed by atoms with Crippen molar-refractivity contribution < 1.29 is 13.7 Å². The molecular weight excluding hydrogens is 259 g/mol. The van der Waals surface area contributed by atoms with E-state index in [4.69, 9.17) is 9.26 Å². The van der Waals surface area contributed by atoms with Crippen LogP contribution in [0.5, 0.6) is 5.75 Å². The fourth-order valence-electron chi connectivity index (χ4n) is 2.30. The van der Waals surface area contributed by atoms with Crippen LogP contribution in [0.3, 0.4) is 0 Å². The predicted molar refractivity (Wildman–Crippen MR) is 74.2 cm³/mol. The molecule has 0 bridgehead atoms. The number of benzene rings is 1. The normalized spacial score (nSPS) is 12.4. The van der Waals surface area contributed by atoms with E-state index in [0.717, 1.165) is 22.6 Å². The van der Waals surface area contributed by atoms with Crippen molar-refractivity contribution in [3.05, 3.63) is 46.6 Å². The van der Waals surface area contributed by atoms with E-state index in [1.54, 1.807) is 6.07 Å². The fourth-order valence-corrected chi connectivity index (χ4v) is 2.30. The lowest BCUT2D eigenvalue weighted by Crippen LogP contribution is -2.19. The van der Waals surface area contributed by atoms with Gasteiger partial charge in [-0.3, -0.25) is 0 Å². The SMILES string of the molecule is COc1ccc(CNC(C)c2c(C)noc2C)cc1F. The van der Waals surface area contributed by atoms with Gasteiger partial charge in [0.05, 0.1) is 12.8 Å². The van der Waals surface area contributed by atoms with Gasteiger partial charge in [-0.1, -0.05) is 11.2 Å². The number of ether oxygens (including phenoxy) is 1. The van der Waals surface area contributed by atoms with Gasteiger partial charge in [0.15, 0.2) is 11.6 Å². The van der Waals surface area contributed by atoms with E-state index >= 15 is 0 Å². The van der Waals surface area contributed by atoms with E-state index in [0.29, 0.717) is 6.54 Å². The van der Waals surface area contributed by atoms with Gasteiger partial charge in [0.1, 0.15) is 5.76 Å². The molecule has 1 aromatic carbocycles. The molecule has 0 fully saturated rings. The zero-order valence-electron chi connectivity index (χ0n) is 12.2. The number of methoxy groups -OCH3 is 1. The summed E-state index contributed by atoms with van der Waals surface area (Å²) >= 11 is 0. The van der Waals surface area contributed by atoms with Crippen LogP contribution in [0.1, 0.15) is 35.5 Å². The number of hydrogen-bond acceptors (Lipinski definition) is 4. The molecule has 2 aromatic rings. The van der Waals surface area contributed by atoms with Crippen molar-refractivity contribution in [1.82, 2.24) is 10.5 Å². The van der Waals surface area contributed by atoms with Crippen molar-refractivity contribution in [2.24, 2.45) is 0 Å². The molecule has 2 rings (SSSR count). The smallest absolute Gasteiger partial charge is 0.165 e. The second kappa shape index (κ2) is 6.05. The van der Waals surface area contributed by atoms with Gasteiger partial charge >= 0.3 is 0 Å². The summed E-state index contributed by atoms with van der Waals surface area (Å²) in [5.74, 6) is 0.715. The Hall–Kier alpha value is -1.88. The minimum atomic E-state index is -0.350. The molecule has 0 aliphatic carbocycles. The molecule has 0 aliphatic rings. The van der Waals surface area contributed by atoms with E-state index in [1.165, 1.54) is 13.2 Å². The molecule has 1 N–H and O–H groups in total. The van der Waals surface area contributed by atoms with Crippen LogP contribution in [0.15, 0.2) is 22.7 Å². The van der Waals surface area contributed by atoms with Crippen LogP contribution in [0.25, 0.3) is 0 Å². The summed E-state index contributed by atoms with van der Waals surface area (Å²) in [6.07, 6.45) is 0. The number of hydrogen-bond donors (Lipinski definition) is 1. The van der Waals surface area contributed by atoms with Crippen molar-refractivity contribution in [2.45, 2.75) is 33.4 Å². The molecular formula is C15H19FN2O2. The van der Waals surface area contributed by atoms with Crippen molar-refractivity contribution in [3.63, 3.8) is 0 Å². The lowest BCUT2D eigenvalue weighted by atomic mass is 10.1. The first-order valence-corrected chi connectivity index (χ1v) is 6.51. The summed E-state index contributed by atoms with van der Waals surface area (Å²) < 4.78 is 23.6. The summed E-state index contributed by atoms with van der Waals surface area (Å²) in [6, 6.07) is 5.04. The van der Waals surface area contributed by atoms with Gasteiger partial charge in [0, 0.05) is 18.2 Å². The standard InChI is InChI=1S/C15H19FN2O2/c1-9(15-10(2)18-20-11(15)3)17-8-12-5-6-14(19-4)13(16)7-12/h5-7,9,17H,8H2,1-4H3. The van der Waals surface area contributed by atoms with E-state index < -0.39 is 0 Å². The summed E-state index contributed by atoms with van der Waals surface area (Å²) in [7, 11) is 1.45. The van der Waals surface area contributed by atoms with Gasteiger partial charge < -0.3 is 14.6 Å². The molecule has 20 heavy (non-hydrogen) atoms. The van der Waals surface area contributed by atoms with Gasteiger partial charge in [-0.25, -0.2) is 4.39 Å². The first kappa shape index (κ1) is 14.5. The molecule has 108 valence electrons. The first-order chi connectivity index (χ1) is 9.52. The van der Waals surface area contributed by atoms with Crippen LogP contribution >= 0.6 is 0 Å². The van der Waals surface area contributed by atoms with Crippen molar-refractivity contribution in [1.29, 1.82) is 0 Å². The van der Waals surface area contributed by atoms with Crippen LogP contribution in [-0.4, -0.2) is 12.3 Å². The molecule has 5 heteroatoms. The van der Waals surface area contributed by atoms with Crippen molar-refractivity contribution >= 4 is 0 Å². The molecule has 0 amide bonds. The van der Waals surface area contributed by atoms with Gasteiger partial charge in [-0.2, -0.15) is 0 Å². The molecule has 0 saturated carbocycles. The van der Waals surface area contributed by atoms with Crippen LogP contribution < -0.4 is 10.1 Å². The number of nitrogens with zero attached hydrogens (tertiary/aromatic N) is 1. The Morgan fingerprint density at radius 3 is 2.70 bits per heavy atom. The van der Waals surface area contributed by atoms with E-state index in [9.17, 15) is 4.39 Å². The third kappa shape index (κ3) is 2.99. The molecule has 4 nitrogen and oxygen atoms in total. The summed E-state index contributed by atoms with van der Waals surface area (Å²) in [4.78, 5) is 0. The average molecular weight is 278 g/mol. The minimum absolute atomic E-state index is 0.0893. The summed E-state index contributed by atoms with van der Waals surface area (Å²) in [5.41, 5.74) is 2.80. The predicted octanol–water partition coefficient (Wildman–Crippen LogP) is 3.29. The largest absolute Gasteiger partial charge is 0.494 e. The highest BCUT2D eigenvalue weighted by Gasteiger charge is 2.16. The van der Waals surface area contributed by atoms with Gasteiger partial charge in [-0.05, 0) is 38.5 Å². The van der Waals surface area contributed by atoms with Gasteiger partial charge in [-0.15, -0.1) is 0 Å². The monoisotopic (exact) mass is 278 g/mol. The highest BCUT2D eigenvalue weighted by Crippen LogP contribution is 2.22. The van der Waals surface area contributed by atoms with E-state index in [2.05, 4.69) is 10.5 Å². The lowest BCUT2D eigenvalue weighted by molar-refractivity contribution is 0.385. The maximum Gasteiger partial charge on any atom is 0.165 e. The number of aromatic nitrogens is 1.